The number of carbonyl (C=O) groups excluding carboxylic acids is 1. The molecule has 0 spiro atoms. The van der Waals surface area contributed by atoms with Crippen LogP contribution in [0.2, 0.25) is 0 Å². The molecule has 4 heteroatoms. The Morgan fingerprint density at radius 1 is 1.39 bits per heavy atom. The Kier molecular flexibility index (Phi) is 5.82. The summed E-state index contributed by atoms with van der Waals surface area (Å²) in [4.78, 5) is 13.5. The average Bonchev–Trinajstić information content (AvgIpc) is 2.74. The van der Waals surface area contributed by atoms with Crippen molar-refractivity contribution < 1.29 is 9.53 Å². The summed E-state index contributed by atoms with van der Waals surface area (Å²) in [6, 6.07) is 4.09. The Balaban J connectivity index is 2.46. The van der Waals surface area contributed by atoms with Crippen molar-refractivity contribution in [1.82, 2.24) is 5.32 Å². The summed E-state index contributed by atoms with van der Waals surface area (Å²) in [5.74, 6) is -0.178. The van der Waals surface area contributed by atoms with Gasteiger partial charge in [0.1, 0.15) is 0 Å². The fraction of sp³-hybridized carbons (Fsp3) is 0.643. The molecule has 0 unspecified atom stereocenters. The first-order chi connectivity index (χ1) is 8.46. The maximum atomic E-state index is 11.2. The molecule has 3 nitrogen and oxygen atoms in total. The Morgan fingerprint density at radius 2 is 2.06 bits per heavy atom. The molecule has 0 aliphatic heterocycles. The van der Waals surface area contributed by atoms with Gasteiger partial charge in [-0.05, 0) is 32.4 Å². The number of esters is 1. The largest absolute Gasteiger partial charge is 0.469 e. The van der Waals surface area contributed by atoms with E-state index in [-0.39, 0.29) is 11.5 Å². The number of hydrogen-bond donors (Lipinski definition) is 1. The zero-order valence-electron chi connectivity index (χ0n) is 11.7. The Bertz CT molecular complexity index is 385. The molecule has 0 aliphatic rings. The van der Waals surface area contributed by atoms with Crippen molar-refractivity contribution in [3.8, 4) is 0 Å². The summed E-state index contributed by atoms with van der Waals surface area (Å²) in [6.07, 6.45) is 2.71. The second-order valence-corrected chi connectivity index (χ2v) is 6.36. The van der Waals surface area contributed by atoms with Gasteiger partial charge in [0.2, 0.25) is 0 Å². The molecule has 1 aromatic heterocycles. The minimum atomic E-state index is -0.178. The van der Waals surface area contributed by atoms with Crippen molar-refractivity contribution in [2.45, 2.75) is 52.1 Å². The number of hydrogen-bond acceptors (Lipinski definition) is 4. The summed E-state index contributed by atoms with van der Waals surface area (Å²) in [5.41, 5.74) is 0.168. The predicted molar refractivity (Wildman–Crippen MR) is 75.9 cm³/mol. The van der Waals surface area contributed by atoms with Crippen molar-refractivity contribution in [1.29, 1.82) is 0 Å². The zero-order valence-corrected chi connectivity index (χ0v) is 12.5. The minimum absolute atomic E-state index is 0.168. The van der Waals surface area contributed by atoms with E-state index >= 15 is 0 Å². The van der Waals surface area contributed by atoms with Gasteiger partial charge in [0.05, 0.1) is 13.5 Å². The van der Waals surface area contributed by atoms with E-state index in [2.05, 4.69) is 36.9 Å². The topological polar surface area (TPSA) is 38.3 Å². The van der Waals surface area contributed by atoms with Gasteiger partial charge in [-0.3, -0.25) is 4.79 Å². The van der Waals surface area contributed by atoms with Gasteiger partial charge >= 0.3 is 5.97 Å². The van der Waals surface area contributed by atoms with Crippen LogP contribution >= 0.6 is 11.3 Å². The highest BCUT2D eigenvalue weighted by Gasteiger charge is 2.15. The van der Waals surface area contributed by atoms with Crippen LogP contribution in [0.25, 0.3) is 0 Å². The molecule has 102 valence electrons. The molecule has 0 radical (unpaired) electrons. The van der Waals surface area contributed by atoms with Crippen molar-refractivity contribution in [3.05, 3.63) is 21.9 Å². The lowest BCUT2D eigenvalue weighted by atomic mass is 9.99. The first kappa shape index (κ1) is 15.2. The normalized spacial score (nSPS) is 11.6. The molecule has 0 aliphatic carbocycles. The number of methoxy groups -OCH3 is 1. The molecule has 0 fully saturated rings. The molecule has 0 amide bonds. The molecule has 0 saturated carbocycles. The molecule has 1 aromatic rings. The molecule has 0 atom stereocenters. The molecular formula is C14H23NO2S. The summed E-state index contributed by atoms with van der Waals surface area (Å²) >= 11 is 1.67. The third kappa shape index (κ3) is 5.19. The number of nitrogens with one attached hydrogen (secondary N) is 1. The number of carbonyl (C=O) groups is 1. The summed E-state index contributed by atoms with van der Waals surface area (Å²) in [7, 11) is 1.42. The van der Waals surface area contributed by atoms with Crippen LogP contribution in [0.15, 0.2) is 12.1 Å². The monoisotopic (exact) mass is 269 g/mol. The third-order valence-corrected chi connectivity index (χ3v) is 3.96. The lowest BCUT2D eigenvalue weighted by Crippen LogP contribution is -2.38. The fourth-order valence-corrected chi connectivity index (χ4v) is 2.81. The molecule has 0 aromatic carbocycles. The quantitative estimate of drug-likeness (QED) is 0.773. The Hall–Kier alpha value is -0.870. The standard InChI is InChI=1S/C14H23NO2S/c1-5-8-14(2,3)15-10-12-7-6-11(18-12)9-13(16)17-4/h6-7,15H,5,8-10H2,1-4H3. The highest BCUT2D eigenvalue weighted by atomic mass is 32.1. The van der Waals surface area contributed by atoms with Crippen molar-refractivity contribution in [2.75, 3.05) is 7.11 Å². The van der Waals surface area contributed by atoms with Crippen LogP contribution in [0, 0.1) is 0 Å². The van der Waals surface area contributed by atoms with Crippen LogP contribution in [0.3, 0.4) is 0 Å². The van der Waals surface area contributed by atoms with E-state index in [0.717, 1.165) is 17.8 Å². The smallest absolute Gasteiger partial charge is 0.310 e. The van der Waals surface area contributed by atoms with Gasteiger partial charge in [-0.2, -0.15) is 0 Å². The average molecular weight is 269 g/mol. The van der Waals surface area contributed by atoms with Gasteiger partial charge in [-0.1, -0.05) is 13.3 Å². The van der Waals surface area contributed by atoms with Gasteiger partial charge < -0.3 is 10.1 Å². The third-order valence-electron chi connectivity index (χ3n) is 2.88. The Morgan fingerprint density at radius 3 is 2.67 bits per heavy atom. The molecule has 1 N–H and O–H groups in total. The van der Waals surface area contributed by atoms with Gasteiger partial charge in [0.15, 0.2) is 0 Å². The maximum absolute atomic E-state index is 11.2. The van der Waals surface area contributed by atoms with Gasteiger partial charge in [0.25, 0.3) is 0 Å². The second-order valence-electron chi connectivity index (χ2n) is 5.11. The van der Waals surface area contributed by atoms with Gasteiger partial charge in [-0.25, -0.2) is 0 Å². The molecule has 1 rings (SSSR count). The van der Waals surface area contributed by atoms with Crippen LogP contribution in [0.4, 0.5) is 0 Å². The van der Waals surface area contributed by atoms with E-state index < -0.39 is 0 Å². The van der Waals surface area contributed by atoms with Crippen LogP contribution in [0.5, 0.6) is 0 Å². The van der Waals surface area contributed by atoms with E-state index in [4.69, 9.17) is 0 Å². The van der Waals surface area contributed by atoms with Crippen LogP contribution in [-0.2, 0) is 22.5 Å². The maximum Gasteiger partial charge on any atom is 0.310 e. The minimum Gasteiger partial charge on any atom is -0.469 e. The molecule has 18 heavy (non-hydrogen) atoms. The number of ether oxygens (including phenoxy) is 1. The first-order valence-electron chi connectivity index (χ1n) is 6.36. The molecule has 0 bridgehead atoms. The zero-order chi connectivity index (χ0) is 13.6. The highest BCUT2D eigenvalue weighted by molar-refractivity contribution is 7.12. The van der Waals surface area contributed by atoms with Gasteiger partial charge in [0, 0.05) is 21.8 Å². The lowest BCUT2D eigenvalue weighted by Gasteiger charge is -2.25. The van der Waals surface area contributed by atoms with E-state index in [0.29, 0.717) is 6.42 Å². The fourth-order valence-electron chi connectivity index (χ4n) is 1.87. The van der Waals surface area contributed by atoms with Crippen LogP contribution in [0.1, 0.15) is 43.4 Å². The van der Waals surface area contributed by atoms with Gasteiger partial charge in [-0.15, -0.1) is 11.3 Å². The molecule has 0 saturated heterocycles. The SMILES string of the molecule is CCCC(C)(C)NCc1ccc(CC(=O)OC)s1. The Labute approximate surface area is 114 Å². The molecule has 1 heterocycles. The van der Waals surface area contributed by atoms with E-state index in [9.17, 15) is 4.79 Å². The lowest BCUT2D eigenvalue weighted by molar-refractivity contribution is -0.139. The summed E-state index contributed by atoms with van der Waals surface area (Å²) < 4.78 is 4.66. The first-order valence-corrected chi connectivity index (χ1v) is 7.18. The molecular weight excluding hydrogens is 246 g/mol. The number of thiophene rings is 1. The van der Waals surface area contributed by atoms with E-state index in [1.54, 1.807) is 11.3 Å². The van der Waals surface area contributed by atoms with Crippen LogP contribution < -0.4 is 5.32 Å². The van der Waals surface area contributed by atoms with Crippen LogP contribution in [-0.4, -0.2) is 18.6 Å². The summed E-state index contributed by atoms with van der Waals surface area (Å²) in [6.45, 7) is 7.50. The van der Waals surface area contributed by atoms with Crippen molar-refractivity contribution in [3.63, 3.8) is 0 Å². The van der Waals surface area contributed by atoms with E-state index in [1.165, 1.54) is 18.4 Å². The van der Waals surface area contributed by atoms with Crippen molar-refractivity contribution >= 4 is 17.3 Å². The van der Waals surface area contributed by atoms with E-state index in [1.807, 2.05) is 6.07 Å². The second kappa shape index (κ2) is 6.90. The highest BCUT2D eigenvalue weighted by Crippen LogP contribution is 2.19. The summed E-state index contributed by atoms with van der Waals surface area (Å²) in [5, 5.41) is 3.55. The predicted octanol–water partition coefficient (Wildman–Crippen LogP) is 3.13. The van der Waals surface area contributed by atoms with Crippen molar-refractivity contribution in [2.24, 2.45) is 0 Å². The number of rotatable bonds is 7.